The number of ether oxygens (including phenoxy) is 2. The highest BCUT2D eigenvalue weighted by Crippen LogP contribution is 2.36. The zero-order valence-electron chi connectivity index (χ0n) is 15.7. The predicted molar refractivity (Wildman–Crippen MR) is 108 cm³/mol. The van der Waals surface area contributed by atoms with Crippen LogP contribution in [-0.4, -0.2) is 28.2 Å². The second kappa shape index (κ2) is 8.01. The third-order valence-corrected chi connectivity index (χ3v) is 4.52. The van der Waals surface area contributed by atoms with Crippen molar-refractivity contribution >= 4 is 23.0 Å². The summed E-state index contributed by atoms with van der Waals surface area (Å²) in [5.41, 5.74) is 1.54. The molecule has 4 rings (SSSR count). The normalized spacial score (nSPS) is 11.9. The van der Waals surface area contributed by atoms with Crippen LogP contribution in [0.15, 0.2) is 54.9 Å². The SMILES string of the molecule is CCN(c1ccccc1)c1ncnc(NCc2ccc3c(c2)OCO3)c1[N+](=O)[O-]. The number of hydrogen-bond acceptors (Lipinski definition) is 8. The van der Waals surface area contributed by atoms with Gasteiger partial charge in [0.2, 0.25) is 18.4 Å². The molecular weight excluding hydrogens is 374 g/mol. The molecule has 3 aromatic rings. The Labute approximate surface area is 167 Å². The van der Waals surface area contributed by atoms with Gasteiger partial charge in [-0.2, -0.15) is 0 Å². The van der Waals surface area contributed by atoms with Crippen LogP contribution in [0.4, 0.5) is 23.0 Å². The van der Waals surface area contributed by atoms with E-state index >= 15 is 0 Å². The molecule has 148 valence electrons. The Kier molecular flexibility index (Phi) is 5.10. The smallest absolute Gasteiger partial charge is 0.353 e. The van der Waals surface area contributed by atoms with Crippen LogP contribution in [0.25, 0.3) is 0 Å². The molecule has 0 radical (unpaired) electrons. The topological polar surface area (TPSA) is 103 Å². The molecule has 1 aromatic heterocycles. The van der Waals surface area contributed by atoms with E-state index in [1.54, 1.807) is 4.90 Å². The van der Waals surface area contributed by atoms with Gasteiger partial charge >= 0.3 is 5.69 Å². The fourth-order valence-corrected chi connectivity index (χ4v) is 3.16. The lowest BCUT2D eigenvalue weighted by molar-refractivity contribution is -0.383. The molecule has 0 saturated heterocycles. The zero-order valence-corrected chi connectivity index (χ0v) is 15.7. The van der Waals surface area contributed by atoms with Crippen LogP contribution in [-0.2, 0) is 6.54 Å². The summed E-state index contributed by atoms with van der Waals surface area (Å²) in [4.78, 5) is 21.5. The third kappa shape index (κ3) is 3.75. The van der Waals surface area contributed by atoms with Gasteiger partial charge in [0.15, 0.2) is 11.5 Å². The molecule has 1 aliphatic rings. The van der Waals surface area contributed by atoms with E-state index in [0.717, 1.165) is 11.3 Å². The number of benzene rings is 2. The second-order valence-electron chi connectivity index (χ2n) is 6.27. The first-order valence-corrected chi connectivity index (χ1v) is 9.11. The Balaban J connectivity index is 1.64. The molecule has 0 amide bonds. The van der Waals surface area contributed by atoms with Crippen LogP contribution in [0.1, 0.15) is 12.5 Å². The Bertz CT molecular complexity index is 1030. The first-order valence-electron chi connectivity index (χ1n) is 9.11. The van der Waals surface area contributed by atoms with Crippen LogP contribution in [0.5, 0.6) is 11.5 Å². The fourth-order valence-electron chi connectivity index (χ4n) is 3.16. The maximum Gasteiger partial charge on any atom is 0.353 e. The van der Waals surface area contributed by atoms with Gasteiger partial charge in [0.1, 0.15) is 6.33 Å². The minimum atomic E-state index is -0.455. The van der Waals surface area contributed by atoms with Crippen molar-refractivity contribution in [3.8, 4) is 11.5 Å². The van der Waals surface area contributed by atoms with Crippen molar-refractivity contribution in [2.24, 2.45) is 0 Å². The molecule has 0 aliphatic carbocycles. The monoisotopic (exact) mass is 393 g/mol. The van der Waals surface area contributed by atoms with E-state index in [0.29, 0.717) is 24.6 Å². The Morgan fingerprint density at radius 2 is 1.93 bits per heavy atom. The van der Waals surface area contributed by atoms with Gasteiger partial charge in [-0.05, 0) is 36.8 Å². The van der Waals surface area contributed by atoms with E-state index in [-0.39, 0.29) is 24.1 Å². The molecule has 1 N–H and O–H groups in total. The van der Waals surface area contributed by atoms with E-state index in [4.69, 9.17) is 9.47 Å². The van der Waals surface area contributed by atoms with Crippen LogP contribution in [0.3, 0.4) is 0 Å². The van der Waals surface area contributed by atoms with Crippen molar-refractivity contribution < 1.29 is 14.4 Å². The molecule has 0 unspecified atom stereocenters. The molecule has 9 heteroatoms. The highest BCUT2D eigenvalue weighted by atomic mass is 16.7. The largest absolute Gasteiger partial charge is 0.454 e. The predicted octanol–water partition coefficient (Wildman–Crippen LogP) is 3.88. The van der Waals surface area contributed by atoms with Gasteiger partial charge in [-0.3, -0.25) is 10.1 Å². The molecule has 2 aromatic carbocycles. The average molecular weight is 393 g/mol. The standard InChI is InChI=1S/C20H19N5O4/c1-2-24(15-6-4-3-5-7-15)20-18(25(26)27)19(22-12-23-20)21-11-14-8-9-16-17(10-14)29-13-28-16/h3-10,12H,2,11,13H2,1H3,(H,21,22,23). The number of hydrogen-bond donors (Lipinski definition) is 1. The quantitative estimate of drug-likeness (QED) is 0.476. The number of rotatable bonds is 7. The summed E-state index contributed by atoms with van der Waals surface area (Å²) in [6.07, 6.45) is 1.33. The summed E-state index contributed by atoms with van der Waals surface area (Å²) < 4.78 is 10.7. The number of anilines is 3. The first kappa shape index (κ1) is 18.5. The van der Waals surface area contributed by atoms with Gasteiger partial charge in [-0.15, -0.1) is 0 Å². The lowest BCUT2D eigenvalue weighted by atomic mass is 10.2. The van der Waals surface area contributed by atoms with E-state index in [9.17, 15) is 10.1 Å². The number of nitrogens with zero attached hydrogens (tertiary/aromatic N) is 4. The summed E-state index contributed by atoms with van der Waals surface area (Å²) in [7, 11) is 0. The summed E-state index contributed by atoms with van der Waals surface area (Å²) in [6.45, 7) is 2.96. The van der Waals surface area contributed by atoms with Gasteiger partial charge in [-0.1, -0.05) is 24.3 Å². The van der Waals surface area contributed by atoms with Crippen molar-refractivity contribution in [3.63, 3.8) is 0 Å². The summed E-state index contributed by atoms with van der Waals surface area (Å²) in [5, 5.41) is 14.9. The summed E-state index contributed by atoms with van der Waals surface area (Å²) in [5.74, 6) is 1.74. The van der Waals surface area contributed by atoms with Crippen LogP contribution < -0.4 is 19.7 Å². The highest BCUT2D eigenvalue weighted by Gasteiger charge is 2.27. The van der Waals surface area contributed by atoms with Gasteiger partial charge < -0.3 is 19.7 Å². The maximum absolute atomic E-state index is 11.9. The van der Waals surface area contributed by atoms with E-state index in [2.05, 4.69) is 15.3 Å². The second-order valence-corrected chi connectivity index (χ2v) is 6.27. The molecule has 0 bridgehead atoms. The molecule has 9 nitrogen and oxygen atoms in total. The minimum absolute atomic E-state index is 0.159. The number of nitrogens with one attached hydrogen (secondary N) is 1. The van der Waals surface area contributed by atoms with Gasteiger partial charge in [0, 0.05) is 18.8 Å². The molecule has 1 aliphatic heterocycles. The Hall–Kier alpha value is -3.88. The van der Waals surface area contributed by atoms with Crippen molar-refractivity contribution in [3.05, 3.63) is 70.5 Å². The molecular formula is C20H19N5O4. The van der Waals surface area contributed by atoms with E-state index in [1.165, 1.54) is 6.33 Å². The van der Waals surface area contributed by atoms with Crippen molar-refractivity contribution in [2.75, 3.05) is 23.6 Å². The number of para-hydroxylation sites is 1. The molecule has 29 heavy (non-hydrogen) atoms. The number of nitro groups is 1. The lowest BCUT2D eigenvalue weighted by Gasteiger charge is -2.22. The molecule has 0 spiro atoms. The molecule has 0 saturated carbocycles. The lowest BCUT2D eigenvalue weighted by Crippen LogP contribution is -2.20. The fraction of sp³-hybridized carbons (Fsp3) is 0.200. The van der Waals surface area contributed by atoms with E-state index < -0.39 is 4.92 Å². The average Bonchev–Trinajstić information content (AvgIpc) is 3.21. The maximum atomic E-state index is 11.9. The Morgan fingerprint density at radius 1 is 1.14 bits per heavy atom. The first-order chi connectivity index (χ1) is 14.2. The third-order valence-electron chi connectivity index (χ3n) is 4.52. The van der Waals surface area contributed by atoms with Crippen LogP contribution in [0, 0.1) is 10.1 Å². The molecule has 0 fully saturated rings. The van der Waals surface area contributed by atoms with Crippen LogP contribution >= 0.6 is 0 Å². The van der Waals surface area contributed by atoms with Crippen molar-refractivity contribution in [1.29, 1.82) is 0 Å². The zero-order chi connectivity index (χ0) is 20.2. The van der Waals surface area contributed by atoms with Gasteiger partial charge in [0.25, 0.3) is 0 Å². The Morgan fingerprint density at radius 3 is 2.69 bits per heavy atom. The number of fused-ring (bicyclic) bond motifs is 1. The van der Waals surface area contributed by atoms with Crippen molar-refractivity contribution in [2.45, 2.75) is 13.5 Å². The summed E-state index contributed by atoms with van der Waals surface area (Å²) in [6, 6.07) is 14.9. The molecule has 2 heterocycles. The van der Waals surface area contributed by atoms with Gasteiger partial charge in [0.05, 0.1) is 4.92 Å². The highest BCUT2D eigenvalue weighted by molar-refractivity contribution is 5.75. The summed E-state index contributed by atoms with van der Waals surface area (Å²) >= 11 is 0. The van der Waals surface area contributed by atoms with Crippen LogP contribution in [0.2, 0.25) is 0 Å². The van der Waals surface area contributed by atoms with E-state index in [1.807, 2.05) is 55.5 Å². The minimum Gasteiger partial charge on any atom is -0.454 e. The number of aromatic nitrogens is 2. The van der Waals surface area contributed by atoms with Crippen molar-refractivity contribution in [1.82, 2.24) is 9.97 Å². The molecule has 0 atom stereocenters. The van der Waals surface area contributed by atoms with Gasteiger partial charge in [-0.25, -0.2) is 9.97 Å².